The third kappa shape index (κ3) is 4.08. The lowest BCUT2D eigenvalue weighted by molar-refractivity contribution is 0.128. The summed E-state index contributed by atoms with van der Waals surface area (Å²) >= 11 is 0. The number of nitrogens with one attached hydrogen (secondary N) is 1. The van der Waals surface area contributed by atoms with Crippen molar-refractivity contribution < 1.29 is 24.1 Å². The van der Waals surface area contributed by atoms with Gasteiger partial charge in [-0.2, -0.15) is 0 Å². The van der Waals surface area contributed by atoms with Crippen LogP contribution in [0.2, 0.25) is 0 Å². The predicted molar refractivity (Wildman–Crippen MR) is 103 cm³/mol. The monoisotopic (exact) mass is 393 g/mol. The van der Waals surface area contributed by atoms with Gasteiger partial charge in [0, 0.05) is 0 Å². The maximum Gasteiger partial charge on any atom is 0.231 e. The van der Waals surface area contributed by atoms with Crippen LogP contribution in [0.15, 0.2) is 36.4 Å². The first-order valence-electron chi connectivity index (χ1n) is 8.97. The Kier molecular flexibility index (Phi) is 6.31. The minimum Gasteiger partial charge on any atom is -0.454 e. The van der Waals surface area contributed by atoms with E-state index in [2.05, 4.69) is 12.2 Å². The number of aliphatic hydroxyl groups is 1. The average molecular weight is 394 g/mol. The van der Waals surface area contributed by atoms with Crippen molar-refractivity contribution in [2.45, 2.75) is 31.9 Å². The highest BCUT2D eigenvalue weighted by Crippen LogP contribution is 2.40. The molecule has 2 unspecified atom stereocenters. The summed E-state index contributed by atoms with van der Waals surface area (Å²) < 4.78 is 21.7. The highest BCUT2D eigenvalue weighted by molar-refractivity contribution is 5.85. The number of benzene rings is 2. The average Bonchev–Trinajstić information content (AvgIpc) is 3.32. The van der Waals surface area contributed by atoms with Gasteiger partial charge in [0.1, 0.15) is 0 Å². The molecule has 6 nitrogen and oxygen atoms in total. The standard InChI is InChI=1S/C20H23NO5.ClH/c1-2-3-8-21-19(13-4-6-15-17(9-13)25-11-23-15)20(22)14-5-7-16-18(10-14)26-12-24-16;/h4-7,9-10,19-22H,2-3,8,11-12H2,1H3;1H. The Bertz CT molecular complexity index is 785. The molecule has 0 aliphatic carbocycles. The van der Waals surface area contributed by atoms with Crippen LogP contribution >= 0.6 is 12.4 Å². The molecule has 0 bridgehead atoms. The summed E-state index contributed by atoms with van der Waals surface area (Å²) in [6.45, 7) is 3.41. The van der Waals surface area contributed by atoms with E-state index in [1.165, 1.54) is 0 Å². The second-order valence-corrected chi connectivity index (χ2v) is 6.46. The van der Waals surface area contributed by atoms with Crippen LogP contribution in [-0.2, 0) is 0 Å². The van der Waals surface area contributed by atoms with Crippen molar-refractivity contribution in [1.82, 2.24) is 5.32 Å². The zero-order chi connectivity index (χ0) is 17.9. The van der Waals surface area contributed by atoms with Crippen LogP contribution in [0.5, 0.6) is 23.0 Å². The van der Waals surface area contributed by atoms with Gasteiger partial charge in [-0.25, -0.2) is 0 Å². The Hall–Kier alpha value is -2.15. The molecule has 4 rings (SSSR count). The zero-order valence-corrected chi connectivity index (χ0v) is 16.0. The molecule has 0 amide bonds. The van der Waals surface area contributed by atoms with Gasteiger partial charge >= 0.3 is 0 Å². The van der Waals surface area contributed by atoms with Crippen molar-refractivity contribution in [3.05, 3.63) is 47.5 Å². The van der Waals surface area contributed by atoms with Gasteiger partial charge in [0.15, 0.2) is 23.0 Å². The summed E-state index contributed by atoms with van der Waals surface area (Å²) in [6.07, 6.45) is 1.39. The highest BCUT2D eigenvalue weighted by atomic mass is 35.5. The molecule has 0 fully saturated rings. The van der Waals surface area contributed by atoms with Gasteiger partial charge in [-0.15, -0.1) is 12.4 Å². The summed E-state index contributed by atoms with van der Waals surface area (Å²) in [5, 5.41) is 14.6. The van der Waals surface area contributed by atoms with E-state index in [9.17, 15) is 5.11 Å². The molecule has 2 N–H and O–H groups in total. The van der Waals surface area contributed by atoms with E-state index in [-0.39, 0.29) is 32.0 Å². The number of aliphatic hydroxyl groups excluding tert-OH is 1. The van der Waals surface area contributed by atoms with Crippen molar-refractivity contribution in [3.63, 3.8) is 0 Å². The molecule has 0 spiro atoms. The number of rotatable bonds is 7. The van der Waals surface area contributed by atoms with Crippen LogP contribution in [0.25, 0.3) is 0 Å². The van der Waals surface area contributed by atoms with Crippen molar-refractivity contribution in [3.8, 4) is 23.0 Å². The lowest BCUT2D eigenvalue weighted by Crippen LogP contribution is -2.28. The number of fused-ring (bicyclic) bond motifs is 2. The Balaban J connectivity index is 0.00000210. The highest BCUT2D eigenvalue weighted by Gasteiger charge is 2.26. The molecule has 2 aromatic carbocycles. The topological polar surface area (TPSA) is 69.2 Å². The Labute approximate surface area is 164 Å². The van der Waals surface area contributed by atoms with E-state index in [0.717, 1.165) is 36.3 Å². The molecule has 0 saturated heterocycles. The number of unbranched alkanes of at least 4 members (excludes halogenated alkanes) is 1. The number of halogens is 1. The zero-order valence-electron chi connectivity index (χ0n) is 15.1. The predicted octanol–water partition coefficient (Wildman–Crippen LogP) is 3.73. The van der Waals surface area contributed by atoms with E-state index in [1.54, 1.807) is 0 Å². The van der Waals surface area contributed by atoms with Crippen molar-refractivity contribution in [2.75, 3.05) is 20.1 Å². The van der Waals surface area contributed by atoms with Crippen molar-refractivity contribution >= 4 is 12.4 Å². The molecule has 2 heterocycles. The van der Waals surface area contributed by atoms with Crippen LogP contribution in [-0.4, -0.2) is 25.2 Å². The third-order valence-electron chi connectivity index (χ3n) is 4.70. The Morgan fingerprint density at radius 2 is 1.44 bits per heavy atom. The fourth-order valence-electron chi connectivity index (χ4n) is 3.24. The quantitative estimate of drug-likeness (QED) is 0.698. The molecule has 2 atom stereocenters. The molecule has 0 saturated carbocycles. The van der Waals surface area contributed by atoms with Crippen LogP contribution in [0.1, 0.15) is 43.0 Å². The van der Waals surface area contributed by atoms with Gasteiger partial charge in [0.25, 0.3) is 0 Å². The largest absolute Gasteiger partial charge is 0.454 e. The number of hydrogen-bond acceptors (Lipinski definition) is 6. The van der Waals surface area contributed by atoms with Crippen molar-refractivity contribution in [1.29, 1.82) is 0 Å². The van der Waals surface area contributed by atoms with Gasteiger partial charge < -0.3 is 29.4 Å². The number of ether oxygens (including phenoxy) is 4. The third-order valence-corrected chi connectivity index (χ3v) is 4.70. The smallest absolute Gasteiger partial charge is 0.231 e. The van der Waals surface area contributed by atoms with Crippen LogP contribution in [0.4, 0.5) is 0 Å². The first-order valence-corrected chi connectivity index (χ1v) is 8.97. The molecule has 0 aromatic heterocycles. The van der Waals surface area contributed by atoms with E-state index < -0.39 is 6.10 Å². The fourth-order valence-corrected chi connectivity index (χ4v) is 3.24. The maximum atomic E-state index is 11.1. The Morgan fingerprint density at radius 3 is 2.07 bits per heavy atom. The molecular weight excluding hydrogens is 370 g/mol. The van der Waals surface area contributed by atoms with Gasteiger partial charge in [0.2, 0.25) is 13.6 Å². The Morgan fingerprint density at radius 1 is 0.889 bits per heavy atom. The first-order chi connectivity index (χ1) is 12.8. The van der Waals surface area contributed by atoms with Crippen LogP contribution in [0, 0.1) is 0 Å². The summed E-state index contributed by atoms with van der Waals surface area (Å²) in [4.78, 5) is 0. The summed E-state index contributed by atoms with van der Waals surface area (Å²) in [5.74, 6) is 2.82. The van der Waals surface area contributed by atoms with E-state index in [0.29, 0.717) is 17.2 Å². The van der Waals surface area contributed by atoms with E-state index in [4.69, 9.17) is 18.9 Å². The minimum absolute atomic E-state index is 0. The van der Waals surface area contributed by atoms with E-state index in [1.807, 2.05) is 36.4 Å². The molecule has 2 aromatic rings. The second-order valence-electron chi connectivity index (χ2n) is 6.46. The van der Waals surface area contributed by atoms with E-state index >= 15 is 0 Å². The molecule has 27 heavy (non-hydrogen) atoms. The molecule has 2 aliphatic heterocycles. The minimum atomic E-state index is -0.735. The lowest BCUT2D eigenvalue weighted by atomic mass is 9.95. The summed E-state index contributed by atoms with van der Waals surface area (Å²) in [5.41, 5.74) is 1.73. The second kappa shape index (κ2) is 8.69. The van der Waals surface area contributed by atoms with Gasteiger partial charge in [0.05, 0.1) is 12.1 Å². The number of hydrogen-bond donors (Lipinski definition) is 2. The molecule has 0 radical (unpaired) electrons. The van der Waals surface area contributed by atoms with Crippen LogP contribution < -0.4 is 24.3 Å². The van der Waals surface area contributed by atoms with Gasteiger partial charge in [-0.3, -0.25) is 0 Å². The summed E-state index contributed by atoms with van der Waals surface area (Å²) in [7, 11) is 0. The van der Waals surface area contributed by atoms with Gasteiger partial charge in [-0.1, -0.05) is 25.5 Å². The maximum absolute atomic E-state index is 11.1. The van der Waals surface area contributed by atoms with Gasteiger partial charge in [-0.05, 0) is 48.4 Å². The van der Waals surface area contributed by atoms with Crippen LogP contribution in [0.3, 0.4) is 0 Å². The fraction of sp³-hybridized carbons (Fsp3) is 0.400. The first kappa shape index (κ1) is 19.6. The lowest BCUT2D eigenvalue weighted by Gasteiger charge is -2.25. The summed E-state index contributed by atoms with van der Waals surface area (Å²) in [6, 6.07) is 11.1. The molecule has 146 valence electrons. The molecular formula is C20H24ClNO5. The SMILES string of the molecule is CCCCNC(c1ccc2c(c1)OCO2)C(O)c1ccc2c(c1)OCO2.Cl. The van der Waals surface area contributed by atoms with Crippen molar-refractivity contribution in [2.24, 2.45) is 0 Å². The molecule has 2 aliphatic rings. The normalized spacial score (nSPS) is 15.9. The molecule has 7 heteroatoms.